The number of aromatic nitrogens is 3. The Balaban J connectivity index is 1.46. The van der Waals surface area contributed by atoms with Crippen molar-refractivity contribution in [3.8, 4) is 11.5 Å². The first kappa shape index (κ1) is 26.2. The number of likely N-dealkylation sites (tertiary alicyclic amines) is 1. The van der Waals surface area contributed by atoms with Gasteiger partial charge >= 0.3 is 11.8 Å². The molecule has 0 radical (unpaired) electrons. The van der Waals surface area contributed by atoms with Crippen LogP contribution in [-0.2, 0) is 11.3 Å². The van der Waals surface area contributed by atoms with Crippen LogP contribution in [0.1, 0.15) is 45.2 Å². The number of para-hydroxylation sites is 1. The molecular weight excluding hydrogens is 496 g/mol. The van der Waals surface area contributed by atoms with Gasteiger partial charge in [0.2, 0.25) is 0 Å². The maximum Gasteiger partial charge on any atom is 0.410 e. The second-order valence-electron chi connectivity index (χ2n) is 10.7. The van der Waals surface area contributed by atoms with Crippen LogP contribution in [0.3, 0.4) is 0 Å². The number of hydrogen-bond donors (Lipinski definition) is 0. The van der Waals surface area contributed by atoms with Crippen molar-refractivity contribution in [3.05, 3.63) is 99.3 Å². The lowest BCUT2D eigenvalue weighted by molar-refractivity contribution is 0.0169. The lowest BCUT2D eigenvalue weighted by atomic mass is 10.1. The first-order chi connectivity index (χ1) is 18.7. The molecule has 3 heterocycles. The summed E-state index contributed by atoms with van der Waals surface area (Å²) in [5, 5.41) is 0. The predicted octanol–water partition coefficient (Wildman–Crippen LogP) is 4.97. The van der Waals surface area contributed by atoms with Gasteiger partial charge in [0.05, 0.1) is 18.1 Å². The molecule has 202 valence electrons. The monoisotopic (exact) mass is 528 g/mol. The summed E-state index contributed by atoms with van der Waals surface area (Å²) in [6.07, 6.45) is 2.35. The molecule has 39 heavy (non-hydrogen) atoms. The molecule has 2 aromatic heterocycles. The van der Waals surface area contributed by atoms with E-state index >= 15 is 0 Å². The quantitative estimate of drug-likeness (QED) is 0.363. The first-order valence-corrected chi connectivity index (χ1v) is 13.1. The van der Waals surface area contributed by atoms with Crippen molar-refractivity contribution < 1.29 is 14.3 Å². The fourth-order valence-corrected chi connectivity index (χ4v) is 4.82. The maximum atomic E-state index is 13.9. The van der Waals surface area contributed by atoms with Crippen LogP contribution in [0.4, 0.5) is 4.79 Å². The molecule has 1 aliphatic rings. The number of hydrogen-bond acceptors (Lipinski definition) is 6. The molecule has 1 atom stereocenters. The van der Waals surface area contributed by atoms with E-state index in [2.05, 4.69) is 4.98 Å². The van der Waals surface area contributed by atoms with Gasteiger partial charge in [0.15, 0.2) is 5.52 Å². The number of amides is 1. The Hall–Kier alpha value is -4.40. The third kappa shape index (κ3) is 5.87. The number of piperidine rings is 1. The second-order valence-corrected chi connectivity index (χ2v) is 10.7. The van der Waals surface area contributed by atoms with E-state index in [1.54, 1.807) is 27.8 Å². The van der Waals surface area contributed by atoms with Crippen molar-refractivity contribution in [2.45, 2.75) is 51.8 Å². The smallest absolute Gasteiger partial charge is 0.410 e. The van der Waals surface area contributed by atoms with Crippen molar-refractivity contribution in [3.63, 3.8) is 0 Å². The zero-order valence-corrected chi connectivity index (χ0v) is 22.4. The summed E-state index contributed by atoms with van der Waals surface area (Å²) >= 11 is 0. The molecule has 0 N–H and O–H groups in total. The van der Waals surface area contributed by atoms with E-state index in [9.17, 15) is 14.4 Å². The van der Waals surface area contributed by atoms with E-state index in [4.69, 9.17) is 9.47 Å². The number of pyridine rings is 1. The maximum absolute atomic E-state index is 13.9. The van der Waals surface area contributed by atoms with Gasteiger partial charge in [0, 0.05) is 19.3 Å². The van der Waals surface area contributed by atoms with E-state index in [0.29, 0.717) is 30.7 Å². The fourth-order valence-electron chi connectivity index (χ4n) is 4.82. The Morgan fingerprint density at radius 2 is 1.69 bits per heavy atom. The zero-order chi connectivity index (χ0) is 27.6. The highest BCUT2D eigenvalue weighted by Crippen LogP contribution is 2.23. The second kappa shape index (κ2) is 10.8. The van der Waals surface area contributed by atoms with Gasteiger partial charge in [0.25, 0.3) is 5.56 Å². The molecule has 1 unspecified atom stereocenters. The highest BCUT2D eigenvalue weighted by Gasteiger charge is 2.31. The van der Waals surface area contributed by atoms with Crippen LogP contribution in [0.15, 0.2) is 82.5 Å². The number of fused-ring (bicyclic) bond motifs is 1. The van der Waals surface area contributed by atoms with Crippen molar-refractivity contribution in [1.82, 2.24) is 19.0 Å². The lowest BCUT2D eigenvalue weighted by Crippen LogP contribution is -2.49. The van der Waals surface area contributed by atoms with Gasteiger partial charge in [-0.05, 0) is 75.6 Å². The number of carbonyl (C=O) groups is 1. The summed E-state index contributed by atoms with van der Waals surface area (Å²) in [5.41, 5.74) is 0.0357. The number of nitrogens with zero attached hydrogens (tertiary/aromatic N) is 4. The number of benzene rings is 2. The minimum absolute atomic E-state index is 0.216. The number of carbonyl (C=O) groups excluding carboxylic acids is 1. The summed E-state index contributed by atoms with van der Waals surface area (Å²) in [7, 11) is 0. The normalized spacial score (nSPS) is 15.8. The van der Waals surface area contributed by atoms with Crippen LogP contribution >= 0.6 is 0 Å². The molecule has 0 saturated carbocycles. The van der Waals surface area contributed by atoms with Crippen LogP contribution < -0.4 is 16.0 Å². The van der Waals surface area contributed by atoms with Gasteiger partial charge in [-0.3, -0.25) is 13.9 Å². The summed E-state index contributed by atoms with van der Waals surface area (Å²) in [4.78, 5) is 46.0. The van der Waals surface area contributed by atoms with Crippen LogP contribution in [0, 0.1) is 0 Å². The molecule has 1 amide bonds. The molecule has 0 spiro atoms. The lowest BCUT2D eigenvalue weighted by Gasteiger charge is -2.34. The predicted molar refractivity (Wildman–Crippen MR) is 148 cm³/mol. The Kier molecular flexibility index (Phi) is 7.24. The van der Waals surface area contributed by atoms with E-state index in [-0.39, 0.29) is 18.6 Å². The van der Waals surface area contributed by atoms with Gasteiger partial charge in [-0.1, -0.05) is 30.3 Å². The molecule has 1 aliphatic heterocycles. The largest absolute Gasteiger partial charge is 0.457 e. The Labute approximate surface area is 226 Å². The molecule has 0 bridgehead atoms. The van der Waals surface area contributed by atoms with Crippen molar-refractivity contribution >= 4 is 17.1 Å². The molecule has 1 fully saturated rings. The minimum atomic E-state index is -0.637. The topological polar surface area (TPSA) is 95.7 Å². The minimum Gasteiger partial charge on any atom is -0.457 e. The molecule has 2 aromatic carbocycles. The summed E-state index contributed by atoms with van der Waals surface area (Å²) in [6.45, 7) is 6.40. The number of rotatable bonds is 5. The average Bonchev–Trinajstić information content (AvgIpc) is 2.92. The Morgan fingerprint density at radius 1 is 0.974 bits per heavy atom. The van der Waals surface area contributed by atoms with Crippen LogP contribution in [-0.4, -0.2) is 43.8 Å². The molecule has 4 aromatic rings. The van der Waals surface area contributed by atoms with Crippen LogP contribution in [0.25, 0.3) is 11.0 Å². The number of ether oxygens (including phenoxy) is 2. The SMILES string of the molecule is CC(C)(C)OC(=O)N1CCCC(n2c(=O)c3ncccc3n(Cc3ccc(Oc4ccccc4)cc3)c2=O)C1. The fraction of sp³-hybridized carbons (Fsp3) is 0.333. The summed E-state index contributed by atoms with van der Waals surface area (Å²) < 4.78 is 14.3. The molecule has 0 aliphatic carbocycles. The van der Waals surface area contributed by atoms with Crippen LogP contribution in [0.2, 0.25) is 0 Å². The summed E-state index contributed by atoms with van der Waals surface area (Å²) in [5.74, 6) is 1.41. The van der Waals surface area contributed by atoms with Gasteiger partial charge in [-0.25, -0.2) is 14.6 Å². The van der Waals surface area contributed by atoms with Crippen molar-refractivity contribution in [2.24, 2.45) is 0 Å². The Morgan fingerprint density at radius 3 is 2.41 bits per heavy atom. The van der Waals surface area contributed by atoms with E-state index in [0.717, 1.165) is 11.3 Å². The molecule has 1 saturated heterocycles. The highest BCUT2D eigenvalue weighted by molar-refractivity contribution is 5.73. The standard InChI is InChI=1S/C30H32N4O5/c1-30(2,3)39-29(37)32-18-8-9-22(20-32)34-27(35)26-25(12-7-17-31-26)33(28(34)36)19-21-13-15-24(16-14-21)38-23-10-5-4-6-11-23/h4-7,10-17,22H,8-9,18-20H2,1-3H3. The molecule has 9 heteroatoms. The van der Waals surface area contributed by atoms with Gasteiger partial charge in [-0.15, -0.1) is 0 Å². The van der Waals surface area contributed by atoms with Crippen molar-refractivity contribution in [2.75, 3.05) is 13.1 Å². The molecule has 5 rings (SSSR count). The zero-order valence-electron chi connectivity index (χ0n) is 22.4. The third-order valence-electron chi connectivity index (χ3n) is 6.59. The van der Waals surface area contributed by atoms with Crippen molar-refractivity contribution in [1.29, 1.82) is 0 Å². The van der Waals surface area contributed by atoms with E-state index in [1.165, 1.54) is 4.57 Å². The van der Waals surface area contributed by atoms with Crippen LogP contribution in [0.5, 0.6) is 11.5 Å². The Bertz CT molecular complexity index is 1590. The molecule has 9 nitrogen and oxygen atoms in total. The van der Waals surface area contributed by atoms with E-state index < -0.39 is 29.0 Å². The van der Waals surface area contributed by atoms with Gasteiger partial charge in [-0.2, -0.15) is 0 Å². The highest BCUT2D eigenvalue weighted by atomic mass is 16.6. The summed E-state index contributed by atoms with van der Waals surface area (Å²) in [6, 6.07) is 20.0. The third-order valence-corrected chi connectivity index (χ3v) is 6.59. The molecular formula is C30H32N4O5. The average molecular weight is 529 g/mol. The first-order valence-electron chi connectivity index (χ1n) is 13.1. The van der Waals surface area contributed by atoms with Gasteiger partial charge < -0.3 is 14.4 Å². The van der Waals surface area contributed by atoms with Gasteiger partial charge in [0.1, 0.15) is 17.1 Å². The van der Waals surface area contributed by atoms with E-state index in [1.807, 2.05) is 75.4 Å².